The van der Waals surface area contributed by atoms with E-state index in [0.29, 0.717) is 0 Å². The Hall–Kier alpha value is -1.41. The largest absolute Gasteiger partial charge is 0.468 e. The van der Waals surface area contributed by atoms with E-state index in [9.17, 15) is 14.4 Å². The lowest BCUT2D eigenvalue weighted by molar-refractivity contribution is -0.141. The van der Waals surface area contributed by atoms with E-state index in [4.69, 9.17) is 4.74 Å². The van der Waals surface area contributed by atoms with Crippen molar-refractivity contribution in [3.63, 3.8) is 0 Å². The summed E-state index contributed by atoms with van der Waals surface area (Å²) in [4.78, 5) is 35.3. The number of halogens is 1. The molecule has 1 atom stereocenters. The molecule has 0 saturated carbocycles. The van der Waals surface area contributed by atoms with E-state index in [1.54, 1.807) is 6.92 Å². The third kappa shape index (κ3) is 3.54. The third-order valence-electron chi connectivity index (χ3n) is 2.52. The van der Waals surface area contributed by atoms with Crippen molar-refractivity contribution in [1.82, 2.24) is 9.13 Å². The summed E-state index contributed by atoms with van der Waals surface area (Å²) in [5, 5.41) is 0. The molecule has 1 aromatic heterocycles. The van der Waals surface area contributed by atoms with Crippen LogP contribution in [0.5, 0.6) is 0 Å². The molecule has 106 valence electrons. The zero-order valence-electron chi connectivity index (χ0n) is 10.9. The van der Waals surface area contributed by atoms with Gasteiger partial charge in [-0.15, -0.1) is 0 Å². The normalized spacial score (nSPS) is 12.2. The van der Waals surface area contributed by atoms with E-state index in [-0.39, 0.29) is 17.6 Å². The molecular formula is C11H15BrN2O5. The topological polar surface area (TPSA) is 79.5 Å². The van der Waals surface area contributed by atoms with E-state index < -0.39 is 23.3 Å². The standard InChI is InChI=1S/C11H15BrN2O5/c1-7(6-18-2)14-10(16)8(12)4-13(11(14)17)5-9(15)19-3/h4,7H,5-6H2,1-3H3. The molecule has 0 saturated heterocycles. The van der Waals surface area contributed by atoms with E-state index in [1.807, 2.05) is 0 Å². The first-order valence-electron chi connectivity index (χ1n) is 5.49. The van der Waals surface area contributed by atoms with E-state index in [2.05, 4.69) is 20.7 Å². The van der Waals surface area contributed by atoms with E-state index >= 15 is 0 Å². The molecule has 1 unspecified atom stereocenters. The Morgan fingerprint density at radius 2 is 2.05 bits per heavy atom. The summed E-state index contributed by atoms with van der Waals surface area (Å²) in [6, 6.07) is -0.439. The van der Waals surface area contributed by atoms with Crippen LogP contribution in [0.25, 0.3) is 0 Å². The minimum Gasteiger partial charge on any atom is -0.468 e. The number of hydrogen-bond acceptors (Lipinski definition) is 5. The molecule has 1 heterocycles. The molecule has 0 aliphatic carbocycles. The summed E-state index contributed by atoms with van der Waals surface area (Å²) >= 11 is 3.08. The maximum atomic E-state index is 12.2. The number of ether oxygens (including phenoxy) is 2. The third-order valence-corrected chi connectivity index (χ3v) is 3.06. The average Bonchev–Trinajstić information content (AvgIpc) is 2.36. The van der Waals surface area contributed by atoms with Crippen LogP contribution in [0.1, 0.15) is 13.0 Å². The van der Waals surface area contributed by atoms with Crippen LogP contribution in [0.15, 0.2) is 20.3 Å². The van der Waals surface area contributed by atoms with Crippen LogP contribution in [0, 0.1) is 0 Å². The van der Waals surface area contributed by atoms with Gasteiger partial charge >= 0.3 is 11.7 Å². The number of carbonyl (C=O) groups is 1. The molecule has 0 aliphatic rings. The Morgan fingerprint density at radius 1 is 1.42 bits per heavy atom. The molecule has 0 spiro atoms. The van der Waals surface area contributed by atoms with Crippen molar-refractivity contribution in [2.24, 2.45) is 0 Å². The lowest BCUT2D eigenvalue weighted by Crippen LogP contribution is -2.43. The van der Waals surface area contributed by atoms with Crippen LogP contribution in [0.4, 0.5) is 0 Å². The first-order chi connectivity index (χ1) is 8.92. The van der Waals surface area contributed by atoms with Gasteiger partial charge in [-0.05, 0) is 22.9 Å². The molecule has 0 bridgehead atoms. The molecule has 0 radical (unpaired) electrons. The fourth-order valence-electron chi connectivity index (χ4n) is 1.61. The van der Waals surface area contributed by atoms with Gasteiger partial charge in [0.05, 0.1) is 24.2 Å². The maximum Gasteiger partial charge on any atom is 0.331 e. The number of methoxy groups -OCH3 is 2. The van der Waals surface area contributed by atoms with Gasteiger partial charge in [-0.3, -0.25) is 18.7 Å². The number of rotatable bonds is 5. The molecule has 19 heavy (non-hydrogen) atoms. The highest BCUT2D eigenvalue weighted by molar-refractivity contribution is 9.10. The van der Waals surface area contributed by atoms with Gasteiger partial charge in [-0.25, -0.2) is 4.79 Å². The van der Waals surface area contributed by atoms with E-state index in [0.717, 1.165) is 9.13 Å². The summed E-state index contributed by atoms with van der Waals surface area (Å²) in [6.45, 7) is 1.64. The number of aromatic nitrogens is 2. The van der Waals surface area contributed by atoms with Crippen LogP contribution in [-0.4, -0.2) is 35.9 Å². The van der Waals surface area contributed by atoms with Gasteiger partial charge in [0.25, 0.3) is 5.56 Å². The Kier molecular flexibility index (Phi) is 5.49. The quantitative estimate of drug-likeness (QED) is 0.716. The zero-order chi connectivity index (χ0) is 14.6. The lowest BCUT2D eigenvalue weighted by Gasteiger charge is -2.15. The highest BCUT2D eigenvalue weighted by Gasteiger charge is 2.16. The van der Waals surface area contributed by atoms with Gasteiger partial charge in [0.2, 0.25) is 0 Å². The number of esters is 1. The molecule has 1 rings (SSSR count). The summed E-state index contributed by atoms with van der Waals surface area (Å²) < 4.78 is 11.8. The molecule has 0 fully saturated rings. The minimum atomic E-state index is -0.580. The van der Waals surface area contributed by atoms with Gasteiger partial charge in [0.15, 0.2) is 0 Å². The first-order valence-corrected chi connectivity index (χ1v) is 6.28. The zero-order valence-corrected chi connectivity index (χ0v) is 12.5. The smallest absolute Gasteiger partial charge is 0.331 e. The minimum absolute atomic E-state index is 0.193. The highest BCUT2D eigenvalue weighted by Crippen LogP contribution is 2.04. The van der Waals surface area contributed by atoms with Gasteiger partial charge in [-0.2, -0.15) is 0 Å². The van der Waals surface area contributed by atoms with Crippen LogP contribution < -0.4 is 11.2 Å². The highest BCUT2D eigenvalue weighted by atomic mass is 79.9. The fourth-order valence-corrected chi connectivity index (χ4v) is 2.05. The number of hydrogen-bond donors (Lipinski definition) is 0. The van der Waals surface area contributed by atoms with Gasteiger partial charge in [0, 0.05) is 13.3 Å². The van der Waals surface area contributed by atoms with Crippen LogP contribution in [0.2, 0.25) is 0 Å². The number of carbonyl (C=O) groups excluding carboxylic acids is 1. The van der Waals surface area contributed by atoms with Crippen molar-refractivity contribution in [2.45, 2.75) is 19.5 Å². The molecule has 0 aliphatic heterocycles. The Labute approximate surface area is 117 Å². The molecule has 0 N–H and O–H groups in total. The van der Waals surface area contributed by atoms with Crippen molar-refractivity contribution < 1.29 is 14.3 Å². The molecule has 7 nitrogen and oxygen atoms in total. The molecule has 0 amide bonds. The van der Waals surface area contributed by atoms with Crippen molar-refractivity contribution in [3.05, 3.63) is 31.5 Å². The van der Waals surface area contributed by atoms with Gasteiger partial charge in [0.1, 0.15) is 6.54 Å². The second kappa shape index (κ2) is 6.67. The Bertz CT molecular complexity index is 577. The Balaban J connectivity index is 3.34. The SMILES string of the molecule is COCC(C)n1c(=O)c(Br)cn(CC(=O)OC)c1=O. The predicted molar refractivity (Wildman–Crippen MR) is 71.3 cm³/mol. The molecule has 0 aromatic carbocycles. The summed E-state index contributed by atoms with van der Waals surface area (Å²) in [5.41, 5.74) is -1.04. The Morgan fingerprint density at radius 3 is 2.58 bits per heavy atom. The average molecular weight is 335 g/mol. The summed E-state index contributed by atoms with van der Waals surface area (Å²) in [5.74, 6) is -0.571. The molecule has 1 aromatic rings. The fraction of sp³-hybridized carbons (Fsp3) is 0.545. The maximum absolute atomic E-state index is 12.2. The lowest BCUT2D eigenvalue weighted by atomic mass is 10.3. The first kappa shape index (κ1) is 15.6. The molecular weight excluding hydrogens is 320 g/mol. The van der Waals surface area contributed by atoms with Crippen molar-refractivity contribution >= 4 is 21.9 Å². The van der Waals surface area contributed by atoms with Gasteiger partial charge in [-0.1, -0.05) is 0 Å². The summed E-state index contributed by atoms with van der Waals surface area (Å²) in [6.07, 6.45) is 1.28. The van der Waals surface area contributed by atoms with Crippen LogP contribution >= 0.6 is 15.9 Å². The van der Waals surface area contributed by atoms with Crippen molar-refractivity contribution in [2.75, 3.05) is 20.8 Å². The predicted octanol–water partition coefficient (Wildman–Crippen LogP) is 0.153. The number of nitrogens with zero attached hydrogens (tertiary/aromatic N) is 2. The van der Waals surface area contributed by atoms with E-state index in [1.165, 1.54) is 20.4 Å². The van der Waals surface area contributed by atoms with Gasteiger partial charge < -0.3 is 9.47 Å². The summed E-state index contributed by atoms with van der Waals surface area (Å²) in [7, 11) is 2.71. The second-order valence-electron chi connectivity index (χ2n) is 3.94. The van der Waals surface area contributed by atoms with Crippen LogP contribution in [0.3, 0.4) is 0 Å². The van der Waals surface area contributed by atoms with Crippen molar-refractivity contribution in [3.8, 4) is 0 Å². The monoisotopic (exact) mass is 334 g/mol. The van der Waals surface area contributed by atoms with Crippen molar-refractivity contribution in [1.29, 1.82) is 0 Å². The molecule has 8 heteroatoms. The second-order valence-corrected chi connectivity index (χ2v) is 4.80. The van der Waals surface area contributed by atoms with Crippen LogP contribution in [-0.2, 0) is 20.8 Å².